The molecule has 0 saturated carbocycles. The van der Waals surface area contributed by atoms with Crippen LogP contribution in [0.3, 0.4) is 0 Å². The zero-order valence-electron chi connectivity index (χ0n) is 14.3. The van der Waals surface area contributed by atoms with Crippen LogP contribution in [-0.4, -0.2) is 30.6 Å². The summed E-state index contributed by atoms with van der Waals surface area (Å²) in [6.45, 7) is 3.94. The third-order valence-electron chi connectivity index (χ3n) is 3.66. The third kappa shape index (κ3) is 4.26. The molecule has 0 aliphatic heterocycles. The zero-order valence-corrected chi connectivity index (χ0v) is 14.3. The number of carbonyl (C=O) groups is 1. The molecule has 0 saturated heterocycles. The average molecular weight is 344 g/mol. The van der Waals surface area contributed by atoms with Crippen LogP contribution in [0.15, 0.2) is 48.5 Å². The maximum Gasteiger partial charge on any atom is 0.273 e. The molecule has 0 aromatic heterocycles. The minimum absolute atomic E-state index is 0.133. The van der Waals surface area contributed by atoms with Crippen LogP contribution in [0, 0.1) is 10.1 Å². The van der Waals surface area contributed by atoms with Gasteiger partial charge in [-0.1, -0.05) is 18.2 Å². The molecule has 7 heteroatoms. The minimum Gasteiger partial charge on any atom is -0.493 e. The van der Waals surface area contributed by atoms with Crippen LogP contribution in [0.1, 0.15) is 13.8 Å². The number of hydrogen-bond donors (Lipinski definition) is 0. The Morgan fingerprint density at radius 3 is 2.44 bits per heavy atom. The van der Waals surface area contributed by atoms with Crippen molar-refractivity contribution in [1.82, 2.24) is 0 Å². The van der Waals surface area contributed by atoms with Gasteiger partial charge in [0.05, 0.1) is 18.1 Å². The van der Waals surface area contributed by atoms with Crippen molar-refractivity contribution >= 4 is 17.3 Å². The number of non-ortho nitro benzene ring substituents is 1. The first-order valence-electron chi connectivity index (χ1n) is 7.83. The lowest BCUT2D eigenvalue weighted by Gasteiger charge is -2.25. The SMILES string of the molecule is CCN(C(=O)[C@H](C)Oc1cc([N+](=O)[O-])ccc1OC)c1ccccc1. The molecule has 0 heterocycles. The largest absolute Gasteiger partial charge is 0.493 e. The van der Waals surface area contributed by atoms with E-state index in [0.717, 1.165) is 5.69 Å². The molecule has 0 aliphatic carbocycles. The van der Waals surface area contributed by atoms with Crippen LogP contribution in [-0.2, 0) is 4.79 Å². The number of nitro groups is 1. The molecule has 0 N–H and O–H groups in total. The van der Waals surface area contributed by atoms with Gasteiger partial charge in [-0.3, -0.25) is 14.9 Å². The number of hydrogen-bond acceptors (Lipinski definition) is 5. The number of methoxy groups -OCH3 is 1. The number of carbonyl (C=O) groups excluding carboxylic acids is 1. The molecule has 0 spiro atoms. The first-order valence-corrected chi connectivity index (χ1v) is 7.83. The van der Waals surface area contributed by atoms with E-state index in [-0.39, 0.29) is 17.3 Å². The fourth-order valence-corrected chi connectivity index (χ4v) is 2.40. The first kappa shape index (κ1) is 18.3. The summed E-state index contributed by atoms with van der Waals surface area (Å²) < 4.78 is 10.8. The topological polar surface area (TPSA) is 81.9 Å². The molecular formula is C18H20N2O5. The Kier molecular flexibility index (Phi) is 5.94. The number of benzene rings is 2. The molecule has 1 atom stereocenters. The van der Waals surface area contributed by atoms with Crippen molar-refractivity contribution in [2.75, 3.05) is 18.6 Å². The van der Waals surface area contributed by atoms with Gasteiger partial charge in [-0.15, -0.1) is 0 Å². The lowest BCUT2D eigenvalue weighted by Crippen LogP contribution is -2.40. The number of nitrogens with zero attached hydrogens (tertiary/aromatic N) is 2. The second-order valence-electron chi connectivity index (χ2n) is 5.27. The van der Waals surface area contributed by atoms with E-state index in [0.29, 0.717) is 12.3 Å². The fourth-order valence-electron chi connectivity index (χ4n) is 2.40. The van der Waals surface area contributed by atoms with Gasteiger partial charge < -0.3 is 14.4 Å². The van der Waals surface area contributed by atoms with E-state index in [2.05, 4.69) is 0 Å². The molecular weight excluding hydrogens is 324 g/mol. The van der Waals surface area contributed by atoms with Crippen molar-refractivity contribution in [2.24, 2.45) is 0 Å². The smallest absolute Gasteiger partial charge is 0.273 e. The minimum atomic E-state index is -0.837. The van der Waals surface area contributed by atoms with Gasteiger partial charge in [0.1, 0.15) is 0 Å². The van der Waals surface area contributed by atoms with Crippen LogP contribution in [0.4, 0.5) is 11.4 Å². The van der Waals surface area contributed by atoms with E-state index in [1.807, 2.05) is 37.3 Å². The maximum atomic E-state index is 12.7. The van der Waals surface area contributed by atoms with Crippen LogP contribution in [0.5, 0.6) is 11.5 Å². The van der Waals surface area contributed by atoms with Crippen molar-refractivity contribution < 1.29 is 19.2 Å². The number of para-hydroxylation sites is 1. The summed E-state index contributed by atoms with van der Waals surface area (Å²) in [6, 6.07) is 13.3. The van der Waals surface area contributed by atoms with Gasteiger partial charge in [0, 0.05) is 18.3 Å². The van der Waals surface area contributed by atoms with Gasteiger partial charge in [-0.25, -0.2) is 0 Å². The van der Waals surface area contributed by atoms with E-state index in [4.69, 9.17) is 9.47 Å². The molecule has 2 aromatic rings. The summed E-state index contributed by atoms with van der Waals surface area (Å²) in [4.78, 5) is 24.7. The highest BCUT2D eigenvalue weighted by molar-refractivity contribution is 5.96. The summed E-state index contributed by atoms with van der Waals surface area (Å²) in [6.07, 6.45) is -0.837. The molecule has 0 bridgehead atoms. The molecule has 0 radical (unpaired) electrons. The van der Waals surface area contributed by atoms with Gasteiger partial charge in [0.25, 0.3) is 11.6 Å². The highest BCUT2D eigenvalue weighted by Gasteiger charge is 2.24. The van der Waals surface area contributed by atoms with Gasteiger partial charge in [0.15, 0.2) is 17.6 Å². The average Bonchev–Trinajstić information content (AvgIpc) is 2.63. The van der Waals surface area contributed by atoms with Gasteiger partial charge in [0.2, 0.25) is 0 Å². The normalized spacial score (nSPS) is 11.5. The van der Waals surface area contributed by atoms with E-state index < -0.39 is 11.0 Å². The van der Waals surface area contributed by atoms with Crippen LogP contribution in [0.25, 0.3) is 0 Å². The van der Waals surface area contributed by atoms with Crippen LogP contribution in [0.2, 0.25) is 0 Å². The number of rotatable bonds is 7. The number of nitro benzene ring substituents is 1. The van der Waals surface area contributed by atoms with Crippen molar-refractivity contribution in [3.05, 3.63) is 58.6 Å². The Morgan fingerprint density at radius 2 is 1.88 bits per heavy atom. The van der Waals surface area contributed by atoms with Gasteiger partial charge in [-0.2, -0.15) is 0 Å². The van der Waals surface area contributed by atoms with E-state index >= 15 is 0 Å². The Balaban J connectivity index is 2.23. The quantitative estimate of drug-likeness (QED) is 0.568. The van der Waals surface area contributed by atoms with E-state index in [1.165, 1.54) is 25.3 Å². The third-order valence-corrected chi connectivity index (χ3v) is 3.66. The van der Waals surface area contributed by atoms with Crippen LogP contribution < -0.4 is 14.4 Å². The predicted octanol–water partition coefficient (Wildman–Crippen LogP) is 3.42. The fraction of sp³-hybridized carbons (Fsp3) is 0.278. The van der Waals surface area contributed by atoms with Crippen molar-refractivity contribution in [2.45, 2.75) is 20.0 Å². The predicted molar refractivity (Wildman–Crippen MR) is 94.2 cm³/mol. The molecule has 0 aliphatic rings. The Bertz CT molecular complexity index is 748. The molecule has 25 heavy (non-hydrogen) atoms. The van der Waals surface area contributed by atoms with Gasteiger partial charge >= 0.3 is 0 Å². The molecule has 2 aromatic carbocycles. The maximum absolute atomic E-state index is 12.7. The summed E-state index contributed by atoms with van der Waals surface area (Å²) >= 11 is 0. The number of likely N-dealkylation sites (N-methyl/N-ethyl adjacent to an activating group) is 1. The number of amides is 1. The Morgan fingerprint density at radius 1 is 1.20 bits per heavy atom. The molecule has 0 unspecified atom stereocenters. The standard InChI is InChI=1S/C18H20N2O5/c1-4-19(14-8-6-5-7-9-14)18(21)13(2)25-17-12-15(20(22)23)10-11-16(17)24-3/h5-13H,4H2,1-3H3/t13-/m0/s1. The second-order valence-corrected chi connectivity index (χ2v) is 5.27. The highest BCUT2D eigenvalue weighted by Crippen LogP contribution is 2.32. The monoisotopic (exact) mass is 344 g/mol. The number of ether oxygens (including phenoxy) is 2. The molecule has 132 valence electrons. The van der Waals surface area contributed by atoms with Crippen molar-refractivity contribution in [1.29, 1.82) is 0 Å². The first-order chi connectivity index (χ1) is 12.0. The highest BCUT2D eigenvalue weighted by atomic mass is 16.6. The molecule has 1 amide bonds. The van der Waals surface area contributed by atoms with Crippen molar-refractivity contribution in [3.63, 3.8) is 0 Å². The lowest BCUT2D eigenvalue weighted by atomic mass is 10.2. The van der Waals surface area contributed by atoms with Crippen molar-refractivity contribution in [3.8, 4) is 11.5 Å². The van der Waals surface area contributed by atoms with E-state index in [9.17, 15) is 14.9 Å². The summed E-state index contributed by atoms with van der Waals surface area (Å²) in [5, 5.41) is 10.9. The van der Waals surface area contributed by atoms with Gasteiger partial charge in [-0.05, 0) is 32.0 Å². The van der Waals surface area contributed by atoms with E-state index in [1.54, 1.807) is 11.8 Å². The summed E-state index contributed by atoms with van der Waals surface area (Å²) in [7, 11) is 1.43. The number of anilines is 1. The molecule has 0 fully saturated rings. The molecule has 2 rings (SSSR count). The Hall–Kier alpha value is -3.09. The second kappa shape index (κ2) is 8.14. The molecule has 7 nitrogen and oxygen atoms in total. The van der Waals surface area contributed by atoms with Crippen LogP contribution >= 0.6 is 0 Å². The summed E-state index contributed by atoms with van der Waals surface area (Å²) in [5.74, 6) is 0.233. The zero-order chi connectivity index (χ0) is 18.4. The Labute approximate surface area is 145 Å². The summed E-state index contributed by atoms with van der Waals surface area (Å²) in [5.41, 5.74) is 0.627. The lowest BCUT2D eigenvalue weighted by molar-refractivity contribution is -0.385.